The van der Waals surface area contributed by atoms with Crippen LogP contribution >= 0.6 is 0 Å². The van der Waals surface area contributed by atoms with Crippen molar-refractivity contribution in [2.75, 3.05) is 21.3 Å². The van der Waals surface area contributed by atoms with E-state index in [2.05, 4.69) is 33.0 Å². The van der Waals surface area contributed by atoms with Gasteiger partial charge in [-0.1, -0.05) is 6.92 Å². The summed E-state index contributed by atoms with van der Waals surface area (Å²) in [5.74, 6) is 0. The Morgan fingerprint density at radius 1 is 1.07 bits per heavy atom. The molecule has 0 saturated heterocycles. The van der Waals surface area contributed by atoms with Crippen molar-refractivity contribution in [2.24, 2.45) is 0 Å². The van der Waals surface area contributed by atoms with Crippen LogP contribution in [0, 0.1) is 0 Å². The van der Waals surface area contributed by atoms with Crippen molar-refractivity contribution in [1.82, 2.24) is 5.32 Å². The van der Waals surface area contributed by atoms with Crippen LogP contribution in [0.4, 0.5) is 0 Å². The minimum atomic E-state index is -2.57. The largest absolute Gasteiger partial charge is 0.518 e. The molecule has 0 bridgehead atoms. The fourth-order valence-corrected chi connectivity index (χ4v) is 4.10. The zero-order chi connectivity index (χ0) is 12.1. The molecule has 0 aromatic carbocycles. The molecule has 1 atom stereocenters. The van der Waals surface area contributed by atoms with E-state index in [0.29, 0.717) is 0 Å². The third kappa shape index (κ3) is 4.20. The maximum absolute atomic E-state index is 5.47. The second-order valence-corrected chi connectivity index (χ2v) is 7.70. The van der Waals surface area contributed by atoms with Crippen molar-refractivity contribution in [3.8, 4) is 0 Å². The van der Waals surface area contributed by atoms with Crippen LogP contribution in [0.2, 0.25) is 0 Å². The van der Waals surface area contributed by atoms with Crippen LogP contribution in [-0.2, 0) is 13.3 Å². The highest BCUT2D eigenvalue weighted by Crippen LogP contribution is 2.17. The molecule has 0 saturated carbocycles. The third-order valence-electron chi connectivity index (χ3n) is 2.30. The first-order valence-corrected chi connectivity index (χ1v) is 7.08. The van der Waals surface area contributed by atoms with Gasteiger partial charge in [0.2, 0.25) is 0 Å². The Labute approximate surface area is 94.7 Å². The molecule has 0 radical (unpaired) electrons. The van der Waals surface area contributed by atoms with Gasteiger partial charge in [-0.25, -0.2) is 0 Å². The Kier molecular flexibility index (Phi) is 5.98. The molecule has 0 aliphatic heterocycles. The molecule has 1 unspecified atom stereocenters. The zero-order valence-corrected chi connectivity index (χ0v) is 12.0. The van der Waals surface area contributed by atoms with E-state index in [1.807, 2.05) is 0 Å². The number of hydrogen-bond donors (Lipinski definition) is 1. The summed E-state index contributed by atoms with van der Waals surface area (Å²) in [6.45, 7) is 8.46. The third-order valence-corrected chi connectivity index (χ3v) is 5.41. The lowest BCUT2D eigenvalue weighted by atomic mass is 10.1. The van der Waals surface area contributed by atoms with Gasteiger partial charge in [-0.3, -0.25) is 0 Å². The van der Waals surface area contributed by atoms with Crippen molar-refractivity contribution in [1.29, 1.82) is 0 Å². The Bertz CT molecular complexity index is 170. The van der Waals surface area contributed by atoms with Gasteiger partial charge in [0.25, 0.3) is 0 Å². The topological polar surface area (TPSA) is 39.7 Å². The van der Waals surface area contributed by atoms with E-state index in [1.54, 1.807) is 21.3 Å². The van der Waals surface area contributed by atoms with E-state index in [9.17, 15) is 0 Å². The van der Waals surface area contributed by atoms with Crippen molar-refractivity contribution >= 4 is 8.80 Å². The summed E-state index contributed by atoms with van der Waals surface area (Å²) in [7, 11) is 2.37. The maximum atomic E-state index is 5.47. The first-order valence-electron chi connectivity index (χ1n) is 5.28. The second-order valence-electron chi connectivity index (χ2n) is 4.57. The first kappa shape index (κ1) is 15.1. The summed E-state index contributed by atoms with van der Waals surface area (Å²) in [5, 5.41) is 3.49. The molecule has 15 heavy (non-hydrogen) atoms. The fourth-order valence-electron chi connectivity index (χ4n) is 1.64. The Balaban J connectivity index is 4.74. The van der Waals surface area contributed by atoms with Crippen molar-refractivity contribution < 1.29 is 13.3 Å². The van der Waals surface area contributed by atoms with Gasteiger partial charge >= 0.3 is 8.80 Å². The van der Waals surface area contributed by atoms with Gasteiger partial charge in [0.05, 0.1) is 5.67 Å². The summed E-state index contributed by atoms with van der Waals surface area (Å²) < 4.78 is 16.4. The Hall–Kier alpha value is 0.0569. The molecule has 0 spiro atoms. The van der Waals surface area contributed by atoms with E-state index < -0.39 is 8.80 Å². The quantitative estimate of drug-likeness (QED) is 0.709. The molecule has 0 rings (SSSR count). The van der Waals surface area contributed by atoms with Crippen LogP contribution in [0.5, 0.6) is 0 Å². The normalized spacial score (nSPS) is 15.4. The SMILES string of the molecule is CCC(NC(C)(C)C)[Si](OC)(OC)OC. The predicted molar refractivity (Wildman–Crippen MR) is 63.7 cm³/mol. The van der Waals surface area contributed by atoms with Crippen LogP contribution in [-0.4, -0.2) is 41.3 Å². The van der Waals surface area contributed by atoms with Crippen molar-refractivity contribution in [3.63, 3.8) is 0 Å². The van der Waals surface area contributed by atoms with E-state index in [0.717, 1.165) is 6.42 Å². The fraction of sp³-hybridized carbons (Fsp3) is 1.00. The Morgan fingerprint density at radius 3 is 1.67 bits per heavy atom. The molecule has 0 heterocycles. The molecule has 92 valence electrons. The van der Waals surface area contributed by atoms with E-state index >= 15 is 0 Å². The highest BCUT2D eigenvalue weighted by atomic mass is 28.4. The molecular weight excluding hydrogens is 210 g/mol. The molecule has 0 aromatic rings. The highest BCUT2D eigenvalue weighted by Gasteiger charge is 2.47. The monoisotopic (exact) mass is 235 g/mol. The Morgan fingerprint density at radius 2 is 1.47 bits per heavy atom. The number of hydrogen-bond acceptors (Lipinski definition) is 4. The summed E-state index contributed by atoms with van der Waals surface area (Å²) in [4.78, 5) is 0. The number of rotatable bonds is 6. The molecule has 0 aliphatic rings. The zero-order valence-electron chi connectivity index (χ0n) is 11.0. The van der Waals surface area contributed by atoms with Gasteiger partial charge in [-0.15, -0.1) is 0 Å². The lowest BCUT2D eigenvalue weighted by Crippen LogP contribution is -2.63. The minimum Gasteiger partial charge on any atom is -0.376 e. The number of nitrogens with one attached hydrogen (secondary N) is 1. The van der Waals surface area contributed by atoms with Crippen LogP contribution in [0.1, 0.15) is 34.1 Å². The van der Waals surface area contributed by atoms with Gasteiger partial charge in [-0.2, -0.15) is 0 Å². The highest BCUT2D eigenvalue weighted by molar-refractivity contribution is 6.62. The first-order chi connectivity index (χ1) is 6.85. The van der Waals surface area contributed by atoms with Gasteiger partial charge in [0.1, 0.15) is 0 Å². The van der Waals surface area contributed by atoms with Crippen molar-refractivity contribution in [3.05, 3.63) is 0 Å². The molecule has 4 nitrogen and oxygen atoms in total. The van der Waals surface area contributed by atoms with Crippen LogP contribution < -0.4 is 5.32 Å². The molecule has 5 heteroatoms. The van der Waals surface area contributed by atoms with Crippen molar-refractivity contribution in [2.45, 2.75) is 45.3 Å². The smallest absolute Gasteiger partial charge is 0.376 e. The summed E-state index contributed by atoms with van der Waals surface area (Å²) >= 11 is 0. The predicted octanol–water partition coefficient (Wildman–Crippen LogP) is 1.57. The minimum absolute atomic E-state index is 0.0223. The van der Waals surface area contributed by atoms with Gasteiger partial charge < -0.3 is 18.6 Å². The maximum Gasteiger partial charge on any atom is 0.518 e. The lowest BCUT2D eigenvalue weighted by molar-refractivity contribution is 0.101. The molecule has 0 amide bonds. The van der Waals surface area contributed by atoms with Gasteiger partial charge in [0.15, 0.2) is 0 Å². The molecule has 1 N–H and O–H groups in total. The van der Waals surface area contributed by atoms with Crippen LogP contribution in [0.3, 0.4) is 0 Å². The standard InChI is InChI=1S/C10H25NO3Si/c1-8-9(11-10(2,3)4)15(12-5,13-6)14-7/h9,11H,8H2,1-7H3. The average Bonchev–Trinajstić information content (AvgIpc) is 2.17. The van der Waals surface area contributed by atoms with Gasteiger partial charge in [-0.05, 0) is 27.2 Å². The molecule has 0 fully saturated rings. The molecular formula is C10H25NO3Si. The lowest BCUT2D eigenvalue weighted by Gasteiger charge is -2.36. The average molecular weight is 235 g/mol. The van der Waals surface area contributed by atoms with E-state index in [4.69, 9.17) is 13.3 Å². The van der Waals surface area contributed by atoms with Crippen LogP contribution in [0.25, 0.3) is 0 Å². The second kappa shape index (κ2) is 5.96. The van der Waals surface area contributed by atoms with E-state index in [1.165, 1.54) is 0 Å². The summed E-state index contributed by atoms with van der Waals surface area (Å²) in [5.41, 5.74) is 0.145. The summed E-state index contributed by atoms with van der Waals surface area (Å²) in [6, 6.07) is 0. The van der Waals surface area contributed by atoms with Gasteiger partial charge in [0, 0.05) is 26.9 Å². The van der Waals surface area contributed by atoms with E-state index in [-0.39, 0.29) is 11.2 Å². The van der Waals surface area contributed by atoms with Crippen LogP contribution in [0.15, 0.2) is 0 Å². The summed E-state index contributed by atoms with van der Waals surface area (Å²) in [6.07, 6.45) is 0.916. The molecule has 0 aliphatic carbocycles. The molecule has 0 aromatic heterocycles.